The van der Waals surface area contributed by atoms with E-state index < -0.39 is 17.7 Å². The molecule has 1 unspecified atom stereocenters. The number of rotatable bonds is 5. The third-order valence-electron chi connectivity index (χ3n) is 2.84. The number of aromatic nitrogens is 3. The zero-order chi connectivity index (χ0) is 14.0. The topological polar surface area (TPSA) is 50.9 Å². The van der Waals surface area contributed by atoms with E-state index in [1.807, 2.05) is 0 Å². The zero-order valence-corrected chi connectivity index (χ0v) is 12.3. The molecule has 0 aliphatic carbocycles. The second-order valence-electron chi connectivity index (χ2n) is 4.59. The summed E-state index contributed by atoms with van der Waals surface area (Å²) in [4.78, 5) is 3.81. The molecular formula is C10H14Cl2FN3OS. The van der Waals surface area contributed by atoms with E-state index >= 15 is 0 Å². The van der Waals surface area contributed by atoms with Crippen molar-refractivity contribution in [2.24, 2.45) is 5.41 Å². The fourth-order valence-corrected chi connectivity index (χ4v) is 1.88. The SMILES string of the molecule is CC(C)(CF)C(O)(C=C(Cl)Cl)Cn1ncnc1S. The summed E-state index contributed by atoms with van der Waals surface area (Å²) in [5, 5.41) is 14.8. The molecule has 102 valence electrons. The van der Waals surface area contributed by atoms with Gasteiger partial charge in [0, 0.05) is 5.41 Å². The molecule has 0 aliphatic heterocycles. The predicted octanol–water partition coefficient (Wildman–Crippen LogP) is 2.61. The van der Waals surface area contributed by atoms with Crippen LogP contribution in [0.2, 0.25) is 0 Å². The van der Waals surface area contributed by atoms with Crippen molar-refractivity contribution in [3.8, 4) is 0 Å². The first kappa shape index (κ1) is 15.8. The lowest BCUT2D eigenvalue weighted by molar-refractivity contribution is -0.0534. The molecule has 1 heterocycles. The van der Waals surface area contributed by atoms with Gasteiger partial charge in [-0.3, -0.25) is 4.39 Å². The number of hydrogen-bond acceptors (Lipinski definition) is 4. The van der Waals surface area contributed by atoms with Crippen molar-refractivity contribution in [1.29, 1.82) is 0 Å². The van der Waals surface area contributed by atoms with E-state index in [9.17, 15) is 9.50 Å². The van der Waals surface area contributed by atoms with Crippen LogP contribution in [0.25, 0.3) is 0 Å². The van der Waals surface area contributed by atoms with Crippen LogP contribution in [0.4, 0.5) is 4.39 Å². The first-order valence-electron chi connectivity index (χ1n) is 5.11. The van der Waals surface area contributed by atoms with Gasteiger partial charge in [0.2, 0.25) is 0 Å². The molecule has 1 atom stereocenters. The number of hydrogen-bond donors (Lipinski definition) is 2. The smallest absolute Gasteiger partial charge is 0.183 e. The number of halogens is 3. The minimum absolute atomic E-state index is 0.0499. The third kappa shape index (κ3) is 3.38. The summed E-state index contributed by atoms with van der Waals surface area (Å²) in [6.07, 6.45) is 2.49. The molecule has 0 amide bonds. The van der Waals surface area contributed by atoms with Gasteiger partial charge < -0.3 is 5.11 Å². The maximum Gasteiger partial charge on any atom is 0.183 e. The molecule has 4 nitrogen and oxygen atoms in total. The van der Waals surface area contributed by atoms with Crippen molar-refractivity contribution in [2.75, 3.05) is 6.67 Å². The van der Waals surface area contributed by atoms with E-state index in [-0.39, 0.29) is 11.0 Å². The van der Waals surface area contributed by atoms with Gasteiger partial charge in [0.05, 0.1) is 13.2 Å². The lowest BCUT2D eigenvalue weighted by atomic mass is 9.75. The fraction of sp³-hybridized carbons (Fsp3) is 0.600. The van der Waals surface area contributed by atoms with Gasteiger partial charge in [-0.1, -0.05) is 37.0 Å². The minimum Gasteiger partial charge on any atom is -0.383 e. The summed E-state index contributed by atoms with van der Waals surface area (Å²) in [6, 6.07) is 0. The van der Waals surface area contributed by atoms with Gasteiger partial charge in [0.1, 0.15) is 16.4 Å². The van der Waals surface area contributed by atoms with E-state index in [1.54, 1.807) is 13.8 Å². The standard InChI is InChI=1S/C10H14Cl2FN3OS/c1-9(2,4-13)10(17,3-7(11)12)5-16-8(18)14-6-15-16/h3,6,17H,4-5H2,1-2H3,(H,14,15,18). The quantitative estimate of drug-likeness (QED) is 0.822. The van der Waals surface area contributed by atoms with E-state index in [4.69, 9.17) is 23.2 Å². The second kappa shape index (κ2) is 5.77. The first-order chi connectivity index (χ1) is 8.22. The van der Waals surface area contributed by atoms with E-state index in [0.717, 1.165) is 0 Å². The Morgan fingerprint density at radius 1 is 1.61 bits per heavy atom. The van der Waals surface area contributed by atoms with Crippen LogP contribution in [0.15, 0.2) is 22.1 Å². The Morgan fingerprint density at radius 2 is 2.22 bits per heavy atom. The number of alkyl halides is 1. The van der Waals surface area contributed by atoms with Crippen LogP contribution in [0.5, 0.6) is 0 Å². The Labute approximate surface area is 120 Å². The van der Waals surface area contributed by atoms with Crippen molar-refractivity contribution in [3.63, 3.8) is 0 Å². The summed E-state index contributed by atoms with van der Waals surface area (Å²) in [5.74, 6) is 0. The monoisotopic (exact) mass is 313 g/mol. The molecule has 0 saturated heterocycles. The molecule has 1 aromatic heterocycles. The number of aliphatic hydroxyl groups is 1. The van der Waals surface area contributed by atoms with Crippen molar-refractivity contribution in [3.05, 3.63) is 16.9 Å². The molecule has 1 N–H and O–H groups in total. The molecule has 0 aromatic carbocycles. The third-order valence-corrected chi connectivity index (χ3v) is 3.40. The normalized spacial score (nSPS) is 15.3. The largest absolute Gasteiger partial charge is 0.383 e. The second-order valence-corrected chi connectivity index (χ2v) is 6.00. The van der Waals surface area contributed by atoms with E-state index in [2.05, 4.69) is 22.7 Å². The molecule has 0 fully saturated rings. The summed E-state index contributed by atoms with van der Waals surface area (Å²) >= 11 is 15.2. The van der Waals surface area contributed by atoms with Crippen molar-refractivity contribution < 1.29 is 9.50 Å². The highest BCUT2D eigenvalue weighted by atomic mass is 35.5. The highest BCUT2D eigenvalue weighted by molar-refractivity contribution is 7.80. The van der Waals surface area contributed by atoms with Gasteiger partial charge in [-0.15, -0.1) is 12.6 Å². The van der Waals surface area contributed by atoms with Gasteiger partial charge in [-0.05, 0) is 6.08 Å². The lowest BCUT2D eigenvalue weighted by Gasteiger charge is -2.38. The maximum absolute atomic E-state index is 13.1. The minimum atomic E-state index is -1.61. The first-order valence-corrected chi connectivity index (χ1v) is 6.31. The van der Waals surface area contributed by atoms with Crippen LogP contribution in [-0.4, -0.2) is 32.1 Å². The molecule has 0 spiro atoms. The Hall–Kier alpha value is -0.300. The van der Waals surface area contributed by atoms with Crippen LogP contribution in [0.1, 0.15) is 13.8 Å². The average Bonchev–Trinajstić information content (AvgIpc) is 2.63. The Morgan fingerprint density at radius 3 is 2.61 bits per heavy atom. The van der Waals surface area contributed by atoms with Crippen molar-refractivity contribution >= 4 is 35.8 Å². The Kier molecular flexibility index (Phi) is 5.05. The van der Waals surface area contributed by atoms with Gasteiger partial charge in [0.25, 0.3) is 0 Å². The van der Waals surface area contributed by atoms with E-state index in [0.29, 0.717) is 5.16 Å². The number of nitrogens with zero attached hydrogens (tertiary/aromatic N) is 3. The van der Waals surface area contributed by atoms with Crippen LogP contribution < -0.4 is 0 Å². The molecule has 0 radical (unpaired) electrons. The predicted molar refractivity (Wildman–Crippen MR) is 71.8 cm³/mol. The summed E-state index contributed by atoms with van der Waals surface area (Å²) < 4.78 is 14.3. The van der Waals surface area contributed by atoms with Gasteiger partial charge in [0.15, 0.2) is 5.16 Å². The molecular weight excluding hydrogens is 300 g/mol. The molecule has 1 aromatic rings. The lowest BCUT2D eigenvalue weighted by Crippen LogP contribution is -2.48. The van der Waals surface area contributed by atoms with Gasteiger partial charge >= 0.3 is 0 Å². The van der Waals surface area contributed by atoms with E-state index in [1.165, 1.54) is 17.1 Å². The Balaban J connectivity index is 3.14. The van der Waals surface area contributed by atoms with Gasteiger partial charge in [-0.25, -0.2) is 9.67 Å². The maximum atomic E-state index is 13.1. The molecule has 1 rings (SSSR count). The molecule has 0 aliphatic rings. The summed E-state index contributed by atoms with van der Waals surface area (Å²) in [5.41, 5.74) is -2.69. The van der Waals surface area contributed by atoms with Crippen LogP contribution in [0.3, 0.4) is 0 Å². The molecule has 0 saturated carbocycles. The average molecular weight is 314 g/mol. The van der Waals surface area contributed by atoms with Crippen molar-refractivity contribution in [2.45, 2.75) is 31.1 Å². The van der Waals surface area contributed by atoms with Crippen molar-refractivity contribution in [1.82, 2.24) is 14.8 Å². The zero-order valence-electron chi connectivity index (χ0n) is 9.94. The van der Waals surface area contributed by atoms with Crippen LogP contribution >= 0.6 is 35.8 Å². The number of thiol groups is 1. The Bertz CT molecular complexity index is 448. The van der Waals surface area contributed by atoms with Crippen LogP contribution in [0, 0.1) is 5.41 Å². The molecule has 8 heteroatoms. The fourth-order valence-electron chi connectivity index (χ4n) is 1.35. The highest BCUT2D eigenvalue weighted by Crippen LogP contribution is 2.36. The van der Waals surface area contributed by atoms with Gasteiger partial charge in [-0.2, -0.15) is 5.10 Å². The molecule has 18 heavy (non-hydrogen) atoms. The highest BCUT2D eigenvalue weighted by Gasteiger charge is 2.43. The summed E-state index contributed by atoms with van der Waals surface area (Å²) in [7, 11) is 0. The summed E-state index contributed by atoms with van der Waals surface area (Å²) in [6.45, 7) is 2.33. The van der Waals surface area contributed by atoms with Crippen LogP contribution in [-0.2, 0) is 6.54 Å². The molecule has 0 bridgehead atoms.